The first kappa shape index (κ1) is 71.7. The van der Waals surface area contributed by atoms with Crippen LogP contribution in [0.5, 0.6) is 11.5 Å². The van der Waals surface area contributed by atoms with Gasteiger partial charge in [0.2, 0.25) is 35.4 Å². The molecule has 23 heteroatoms. The van der Waals surface area contributed by atoms with E-state index < -0.39 is 145 Å². The number of aromatic hydroxyl groups is 1. The summed E-state index contributed by atoms with van der Waals surface area (Å²) in [5.74, 6) is -9.37. The van der Waals surface area contributed by atoms with Gasteiger partial charge in [-0.05, 0) is 85.7 Å². The van der Waals surface area contributed by atoms with Crippen molar-refractivity contribution in [1.82, 2.24) is 31.1 Å². The molecule has 0 bridgehead atoms. The highest BCUT2D eigenvalue weighted by Gasteiger charge is 2.50. The van der Waals surface area contributed by atoms with E-state index >= 15 is 0 Å². The molecule has 0 aromatic heterocycles. The number of phenols is 1. The molecule has 0 unspecified atom stereocenters. The number of aliphatic hydroxyl groups is 6. The van der Waals surface area contributed by atoms with Crippen molar-refractivity contribution >= 4 is 41.2 Å². The molecule has 4 aromatic rings. The van der Waals surface area contributed by atoms with Crippen LogP contribution in [0, 0.1) is 24.7 Å². The van der Waals surface area contributed by atoms with Gasteiger partial charge in [0.1, 0.15) is 54.5 Å². The molecule has 90 heavy (non-hydrogen) atoms. The summed E-state index contributed by atoms with van der Waals surface area (Å²) >= 11 is 0. The zero-order valence-corrected chi connectivity index (χ0v) is 53.3. The van der Waals surface area contributed by atoms with E-state index in [1.54, 1.807) is 13.8 Å². The van der Waals surface area contributed by atoms with Crippen molar-refractivity contribution in [1.29, 1.82) is 0 Å². The fraction of sp³-hybridized carbons (Fsp3) is 0.537. The molecule has 3 saturated heterocycles. The van der Waals surface area contributed by atoms with E-state index in [1.165, 1.54) is 78.8 Å². The van der Waals surface area contributed by atoms with E-state index in [0.717, 1.165) is 35.5 Å². The van der Waals surface area contributed by atoms with E-state index in [9.17, 15) is 69.3 Å². The lowest BCUT2D eigenvalue weighted by molar-refractivity contribution is -0.870. The summed E-state index contributed by atoms with van der Waals surface area (Å²) in [6.45, 7) is 11.6. The lowest BCUT2D eigenvalue weighted by atomic mass is 9.86. The zero-order chi connectivity index (χ0) is 66.3. The van der Waals surface area contributed by atoms with Gasteiger partial charge in [-0.2, -0.15) is 0 Å². The number of ketones is 1. The first-order valence-corrected chi connectivity index (χ1v) is 31.0. The van der Waals surface area contributed by atoms with E-state index in [4.69, 9.17) is 9.47 Å². The summed E-state index contributed by atoms with van der Waals surface area (Å²) in [6.07, 6.45) is -9.27. The van der Waals surface area contributed by atoms with Crippen LogP contribution >= 0.6 is 0 Å². The second kappa shape index (κ2) is 32.6. The smallest absolute Gasteiger partial charge is 0.248 e. The molecule has 3 aliphatic rings. The molecule has 3 aliphatic heterocycles. The van der Waals surface area contributed by atoms with Gasteiger partial charge in [-0.15, -0.1) is 0 Å². The highest BCUT2D eigenvalue weighted by Crippen LogP contribution is 2.32. The van der Waals surface area contributed by atoms with Crippen LogP contribution in [0.3, 0.4) is 0 Å². The Morgan fingerprint density at radius 3 is 1.74 bits per heavy atom. The number of nitrogens with one attached hydrogen (secondary N) is 4. The van der Waals surface area contributed by atoms with Crippen molar-refractivity contribution in [2.45, 2.75) is 160 Å². The number of aliphatic hydroxyl groups excluding tert-OH is 6. The Bertz CT molecular complexity index is 3030. The van der Waals surface area contributed by atoms with Gasteiger partial charge in [0.25, 0.3) is 0 Å². The molecule has 0 radical (unpaired) electrons. The van der Waals surface area contributed by atoms with Crippen LogP contribution in [-0.4, -0.2) is 212 Å². The molecule has 492 valence electrons. The van der Waals surface area contributed by atoms with Crippen molar-refractivity contribution in [3.8, 4) is 33.8 Å². The molecular formula is C67H94N7O16+. The minimum atomic E-state index is -2.12. The molecule has 3 heterocycles. The summed E-state index contributed by atoms with van der Waals surface area (Å²) in [7, 11) is 5.70. The van der Waals surface area contributed by atoms with E-state index in [0.29, 0.717) is 11.0 Å². The maximum absolute atomic E-state index is 14.5. The lowest BCUT2D eigenvalue weighted by Crippen LogP contribution is -2.61. The molecule has 7 rings (SSSR count). The standard InChI is InChI=1S/C43H67N7O15.C24H26O/c1-20-15-29(44-24(5)53)39(61)46-32(22(3)51)42(63)48-19-27(55)16-30(48)31(56)17-28(37(59)36(58)25-9-11-26(54)12-10-25)38(60)45-33(23(4)52)43(64)49-18-21(2)35(57)34(49)40(62)47-41(20)65-14-13-50(6,7)8;1-3-4-5-18-25-24-16-14-23(15-17-24)22-12-10-21(11-13-22)20-8-6-19(2)7-9-20/h9-12,20-23,27-30,32-37,41,51-52,55,57-59H,13-19H2,1-8H3,(H4-,44,45,46,47,53,54,60,61,62);6-17H,3-5,18H2,1-2H3/p+1/t20-,21+,22-,23-,27-,28+,29+,30+,32+,33+,34+,35+,36+,37+,41-;/m1./s1. The number of quaternary nitrogens is 1. The maximum Gasteiger partial charge on any atom is 0.248 e. The average molecular weight is 1250 g/mol. The van der Waals surface area contributed by atoms with E-state index in [2.05, 4.69) is 108 Å². The Balaban J connectivity index is 0.000000426. The largest absolute Gasteiger partial charge is 0.508 e. The molecule has 0 spiro atoms. The van der Waals surface area contributed by atoms with Gasteiger partial charge in [-0.3, -0.25) is 33.6 Å². The Morgan fingerprint density at radius 2 is 1.21 bits per heavy atom. The molecule has 4 aromatic carbocycles. The SMILES string of the molecule is CC(=O)N[C@H]1C[C@@H](C)[C@@H](OCC[N+](C)(C)C)NC(=O)[C@@H]2[C@@H](O)[C@@H](C)CN2C(=O)[C@H]([C@@H](C)O)NC(=O)[C@H]([C@H](O)[C@@H](O)c2ccc(O)cc2)CC(=O)[C@@H]2C[C@@H](O)CN2C(=O)[C@H]([C@@H](C)O)NC1=O.CCCCCOc1ccc(-c2ccc(-c3ccc(C)cc3)cc2)cc1. The third-order valence-electron chi connectivity index (χ3n) is 16.7. The number of carbonyl (C=O) groups is 7. The highest BCUT2D eigenvalue weighted by molar-refractivity contribution is 5.98. The minimum absolute atomic E-state index is 0.00482. The molecule has 3 fully saturated rings. The van der Waals surface area contributed by atoms with Crippen LogP contribution in [-0.2, 0) is 38.3 Å². The van der Waals surface area contributed by atoms with Crippen molar-refractivity contribution in [2.24, 2.45) is 17.8 Å². The normalized spacial score (nSPS) is 26.2. The fourth-order valence-electron chi connectivity index (χ4n) is 11.3. The predicted molar refractivity (Wildman–Crippen MR) is 335 cm³/mol. The monoisotopic (exact) mass is 1250 g/mol. The van der Waals surface area contributed by atoms with Crippen molar-refractivity contribution < 1.29 is 83.3 Å². The third-order valence-corrected chi connectivity index (χ3v) is 16.7. The third kappa shape index (κ3) is 19.6. The Kier molecular flexibility index (Phi) is 26.0. The number of benzene rings is 4. The molecule has 23 nitrogen and oxygen atoms in total. The fourth-order valence-corrected chi connectivity index (χ4v) is 11.3. The molecule has 6 amide bonds. The van der Waals surface area contributed by atoms with Gasteiger partial charge in [0, 0.05) is 44.7 Å². The van der Waals surface area contributed by atoms with Crippen LogP contribution in [0.4, 0.5) is 0 Å². The van der Waals surface area contributed by atoms with Gasteiger partial charge in [0.05, 0.1) is 76.8 Å². The predicted octanol–water partition coefficient (Wildman–Crippen LogP) is 2.87. The number of amides is 6. The average Bonchev–Trinajstić information content (AvgIpc) is 1.64. The number of nitrogens with zero attached hydrogens (tertiary/aromatic N) is 3. The maximum atomic E-state index is 14.5. The summed E-state index contributed by atoms with van der Waals surface area (Å²) < 4.78 is 12.4. The zero-order valence-electron chi connectivity index (χ0n) is 53.3. The number of fused-ring (bicyclic) bond motifs is 2. The van der Waals surface area contributed by atoms with Crippen LogP contribution < -0.4 is 26.0 Å². The summed E-state index contributed by atoms with van der Waals surface area (Å²) in [5.41, 5.74) is 6.25. The second-order valence-corrected chi connectivity index (χ2v) is 25.4. The van der Waals surface area contributed by atoms with Crippen molar-refractivity contribution in [3.63, 3.8) is 0 Å². The number of hydrogen-bond acceptors (Lipinski definition) is 16. The number of rotatable bonds is 17. The van der Waals surface area contributed by atoms with Crippen molar-refractivity contribution in [3.05, 3.63) is 108 Å². The number of likely N-dealkylation sites (N-methyl/N-ethyl adjacent to an activating group) is 1. The van der Waals surface area contributed by atoms with Gasteiger partial charge >= 0.3 is 0 Å². The van der Waals surface area contributed by atoms with Gasteiger partial charge in [-0.25, -0.2) is 0 Å². The van der Waals surface area contributed by atoms with Gasteiger partial charge in [-0.1, -0.05) is 112 Å². The Labute approximate surface area is 527 Å². The summed E-state index contributed by atoms with van der Waals surface area (Å²) in [4.78, 5) is 100. The number of ether oxygens (including phenoxy) is 2. The van der Waals surface area contributed by atoms with Crippen LogP contribution in [0.15, 0.2) is 97.1 Å². The molecule has 0 saturated carbocycles. The number of hydrogen-bond donors (Lipinski definition) is 11. The minimum Gasteiger partial charge on any atom is -0.508 e. The highest BCUT2D eigenvalue weighted by atomic mass is 16.5. The first-order valence-electron chi connectivity index (χ1n) is 31.0. The number of carbonyl (C=O) groups excluding carboxylic acids is 7. The summed E-state index contributed by atoms with van der Waals surface area (Å²) in [6, 6.07) is 22.6. The van der Waals surface area contributed by atoms with Gasteiger partial charge in [0.15, 0.2) is 5.78 Å². The Morgan fingerprint density at radius 1 is 0.678 bits per heavy atom. The number of unbranched alkanes of at least 4 members (excludes halogenated alkanes) is 2. The number of aryl methyl sites for hydroxylation is 1. The van der Waals surface area contributed by atoms with Crippen LogP contribution in [0.2, 0.25) is 0 Å². The first-order chi connectivity index (χ1) is 42.5. The quantitative estimate of drug-likeness (QED) is 0.0535. The van der Waals surface area contributed by atoms with E-state index in [1.807, 2.05) is 21.1 Å². The summed E-state index contributed by atoms with van der Waals surface area (Å²) in [5, 5.41) is 87.0. The topological polar surface area (TPSA) is 334 Å². The number of phenolic OH excluding ortho intramolecular Hbond substituents is 1. The number of Topliss-reactive ketones (excluding diaryl/α,β-unsaturated/α-hetero) is 1. The Hall–Kier alpha value is -7.35. The van der Waals surface area contributed by atoms with Crippen molar-refractivity contribution in [2.75, 3.05) is 54.0 Å². The van der Waals surface area contributed by atoms with Crippen LogP contribution in [0.25, 0.3) is 22.3 Å². The molecule has 15 atom stereocenters. The molecule has 11 N–H and O–H groups in total. The second-order valence-electron chi connectivity index (χ2n) is 25.4. The lowest BCUT2D eigenvalue weighted by Gasteiger charge is -2.34. The van der Waals surface area contributed by atoms with Gasteiger partial charge < -0.3 is 80.8 Å². The van der Waals surface area contributed by atoms with E-state index in [-0.39, 0.29) is 37.3 Å². The van der Waals surface area contributed by atoms with Crippen LogP contribution in [0.1, 0.15) is 97.3 Å². The molecular weight excluding hydrogens is 1160 g/mol. The molecule has 0 aliphatic carbocycles.